The molecule has 0 N–H and O–H groups in total. The van der Waals surface area contributed by atoms with Gasteiger partial charge in [0.05, 0.1) is 25.4 Å². The molecule has 0 saturated carbocycles. The lowest BCUT2D eigenvalue weighted by atomic mass is 10.3. The van der Waals surface area contributed by atoms with Crippen LogP contribution in [0.4, 0.5) is 0 Å². The minimum atomic E-state index is -2.80. The Kier molecular flexibility index (Phi) is 4.79. The average molecular weight is 318 g/mol. The van der Waals surface area contributed by atoms with Crippen molar-refractivity contribution in [3.05, 3.63) is 0 Å². The molecule has 4 atom stereocenters. The summed E-state index contributed by atoms with van der Waals surface area (Å²) in [4.78, 5) is 0. The van der Waals surface area contributed by atoms with Crippen molar-refractivity contribution < 1.29 is 22.4 Å². The molecular formula is C8H16O5P2S2. The van der Waals surface area contributed by atoms with E-state index in [2.05, 4.69) is 0 Å². The van der Waals surface area contributed by atoms with Crippen molar-refractivity contribution in [3.63, 3.8) is 0 Å². The molecule has 9 heteroatoms. The summed E-state index contributed by atoms with van der Waals surface area (Å²) < 4.78 is 27.6. The molecule has 4 unspecified atom stereocenters. The van der Waals surface area contributed by atoms with E-state index in [9.17, 15) is 0 Å². The second kappa shape index (κ2) is 5.61. The highest BCUT2D eigenvalue weighted by Gasteiger charge is 2.39. The summed E-state index contributed by atoms with van der Waals surface area (Å²) in [5.74, 6) is 0. The lowest BCUT2D eigenvalue weighted by molar-refractivity contribution is 0.0608. The molecule has 0 aromatic carbocycles. The molecule has 5 nitrogen and oxygen atoms in total. The van der Waals surface area contributed by atoms with Crippen molar-refractivity contribution in [2.75, 3.05) is 13.2 Å². The largest absolute Gasteiger partial charge is 0.334 e. The third-order valence-corrected chi connectivity index (χ3v) is 8.55. The zero-order valence-corrected chi connectivity index (χ0v) is 13.2. The van der Waals surface area contributed by atoms with Gasteiger partial charge in [-0.05, 0) is 50.3 Å². The summed E-state index contributed by atoms with van der Waals surface area (Å²) in [6.45, 7) is -0.666. The van der Waals surface area contributed by atoms with Gasteiger partial charge in [-0.3, -0.25) is 0 Å². The quantitative estimate of drug-likeness (QED) is 0.725. The molecule has 2 heterocycles. The average Bonchev–Trinajstić information content (AvgIpc) is 2.14. The standard InChI is InChI=1S/C8H16O5P2S2/c1-7-3-5-9-14(16,11-7)13-15(17)10-6-4-8(2)12-15/h7-8H,3-6H2,1-2H3. The van der Waals surface area contributed by atoms with Gasteiger partial charge in [0.1, 0.15) is 0 Å². The van der Waals surface area contributed by atoms with E-state index in [4.69, 9.17) is 46.0 Å². The molecule has 0 aliphatic carbocycles. The van der Waals surface area contributed by atoms with Crippen LogP contribution in [0.1, 0.15) is 26.7 Å². The van der Waals surface area contributed by atoms with Crippen molar-refractivity contribution in [3.8, 4) is 0 Å². The first-order chi connectivity index (χ1) is 7.91. The summed E-state index contributed by atoms with van der Waals surface area (Å²) in [7, 11) is 0. The maximum Gasteiger partial charge on any atom is 0.334 e. The molecule has 2 aliphatic rings. The third-order valence-electron chi connectivity index (χ3n) is 2.37. The molecule has 2 fully saturated rings. The SMILES string of the molecule is CC1CCOP(=S)(OP2(=S)OCCC(C)O2)O1. The summed E-state index contributed by atoms with van der Waals surface area (Å²) in [6, 6.07) is 0. The van der Waals surface area contributed by atoms with E-state index in [1.807, 2.05) is 13.8 Å². The van der Waals surface area contributed by atoms with Gasteiger partial charge in [-0.25, -0.2) is 4.31 Å². The number of hydrogen-bond acceptors (Lipinski definition) is 7. The van der Waals surface area contributed by atoms with Gasteiger partial charge in [0.15, 0.2) is 0 Å². The van der Waals surface area contributed by atoms with Crippen LogP contribution in [0.15, 0.2) is 0 Å². The normalized spacial score (nSPS) is 47.9. The molecule has 0 radical (unpaired) electrons. The van der Waals surface area contributed by atoms with E-state index in [-0.39, 0.29) is 12.2 Å². The minimum absolute atomic E-state index is 0.0263. The fourth-order valence-electron chi connectivity index (χ4n) is 1.48. The fraction of sp³-hybridized carbons (Fsp3) is 1.00. The molecule has 0 spiro atoms. The van der Waals surface area contributed by atoms with Crippen molar-refractivity contribution >= 4 is 37.1 Å². The van der Waals surface area contributed by atoms with E-state index in [0.29, 0.717) is 13.2 Å². The van der Waals surface area contributed by atoms with Gasteiger partial charge in [0, 0.05) is 0 Å². The fourth-order valence-corrected chi connectivity index (χ4v) is 8.30. The number of rotatable bonds is 2. The Labute approximate surface area is 112 Å². The van der Waals surface area contributed by atoms with Crippen molar-refractivity contribution in [1.82, 2.24) is 0 Å². The second-order valence-electron chi connectivity index (χ2n) is 4.05. The smallest absolute Gasteiger partial charge is 0.308 e. The van der Waals surface area contributed by atoms with Crippen LogP contribution in [0.5, 0.6) is 0 Å². The third kappa shape index (κ3) is 4.03. The van der Waals surface area contributed by atoms with Crippen LogP contribution < -0.4 is 0 Å². The van der Waals surface area contributed by atoms with Crippen molar-refractivity contribution in [2.45, 2.75) is 38.9 Å². The molecule has 0 bridgehead atoms. The second-order valence-corrected chi connectivity index (χ2v) is 10.1. The maximum absolute atomic E-state index is 5.61. The lowest BCUT2D eigenvalue weighted by Gasteiger charge is -2.36. The molecule has 100 valence electrons. The topological polar surface area (TPSA) is 46.2 Å². The zero-order chi connectivity index (χ0) is 12.5. The van der Waals surface area contributed by atoms with Gasteiger partial charge in [-0.15, -0.1) is 0 Å². The van der Waals surface area contributed by atoms with Gasteiger partial charge in [-0.1, -0.05) is 0 Å². The predicted molar refractivity (Wildman–Crippen MR) is 71.9 cm³/mol. The van der Waals surface area contributed by atoms with Crippen molar-refractivity contribution in [2.24, 2.45) is 0 Å². The predicted octanol–water partition coefficient (Wildman–Crippen LogP) is 3.10. The van der Waals surface area contributed by atoms with Gasteiger partial charge < -0.3 is 18.1 Å². The first-order valence-corrected chi connectivity index (χ1v) is 10.6. The maximum atomic E-state index is 5.61. The summed E-state index contributed by atoms with van der Waals surface area (Å²) in [6.07, 6.45) is 1.67. The van der Waals surface area contributed by atoms with Crippen LogP contribution in [0.3, 0.4) is 0 Å². The van der Waals surface area contributed by atoms with Crippen LogP contribution in [-0.2, 0) is 46.0 Å². The molecular weight excluding hydrogens is 302 g/mol. The van der Waals surface area contributed by atoms with Crippen molar-refractivity contribution in [1.29, 1.82) is 0 Å². The molecule has 2 rings (SSSR count). The van der Waals surface area contributed by atoms with Gasteiger partial charge >= 0.3 is 13.4 Å². The van der Waals surface area contributed by atoms with Crippen LogP contribution >= 0.6 is 13.4 Å². The van der Waals surface area contributed by atoms with Gasteiger partial charge in [-0.2, -0.15) is 0 Å². The van der Waals surface area contributed by atoms with Crippen LogP contribution in [0, 0.1) is 0 Å². The lowest BCUT2D eigenvalue weighted by Crippen LogP contribution is -2.21. The summed E-state index contributed by atoms with van der Waals surface area (Å²) in [5, 5.41) is 0. The molecule has 2 aliphatic heterocycles. The number of hydrogen-bond donors (Lipinski definition) is 0. The Morgan fingerprint density at radius 1 is 0.941 bits per heavy atom. The van der Waals surface area contributed by atoms with Gasteiger partial charge in [0.2, 0.25) is 0 Å². The summed E-state index contributed by atoms with van der Waals surface area (Å²) in [5.41, 5.74) is 0. The van der Waals surface area contributed by atoms with E-state index < -0.39 is 13.4 Å². The van der Waals surface area contributed by atoms with Crippen LogP contribution in [-0.4, -0.2) is 25.4 Å². The highest BCUT2D eigenvalue weighted by Crippen LogP contribution is 2.69. The van der Waals surface area contributed by atoms with Crippen LogP contribution in [0.2, 0.25) is 0 Å². The Balaban J connectivity index is 2.04. The first kappa shape index (κ1) is 14.5. The highest BCUT2D eigenvalue weighted by molar-refractivity contribution is 8.14. The molecule has 17 heavy (non-hydrogen) atoms. The Hall–Kier alpha value is 1.10. The molecule has 0 amide bonds. The highest BCUT2D eigenvalue weighted by atomic mass is 32.5. The van der Waals surface area contributed by atoms with Crippen LogP contribution in [0.25, 0.3) is 0 Å². The summed E-state index contributed by atoms with van der Waals surface area (Å²) >= 11 is 10.5. The minimum Gasteiger partial charge on any atom is -0.308 e. The first-order valence-electron chi connectivity index (χ1n) is 5.48. The Morgan fingerprint density at radius 2 is 1.35 bits per heavy atom. The Bertz CT molecular complexity index is 343. The van der Waals surface area contributed by atoms with E-state index in [1.165, 1.54) is 0 Å². The van der Waals surface area contributed by atoms with E-state index >= 15 is 0 Å². The van der Waals surface area contributed by atoms with Gasteiger partial charge in [0.25, 0.3) is 0 Å². The monoisotopic (exact) mass is 318 g/mol. The van der Waals surface area contributed by atoms with E-state index in [0.717, 1.165) is 12.8 Å². The van der Waals surface area contributed by atoms with E-state index in [1.54, 1.807) is 0 Å². The molecule has 2 saturated heterocycles. The molecule has 0 aromatic heterocycles. The zero-order valence-electron chi connectivity index (χ0n) is 9.74. The molecule has 0 aromatic rings. The Morgan fingerprint density at radius 3 is 1.71 bits per heavy atom.